The summed E-state index contributed by atoms with van der Waals surface area (Å²) < 4.78 is 40.6. The Balaban J connectivity index is 1.31. The second-order valence-corrected chi connectivity index (χ2v) is 6.89. The molecule has 0 aliphatic carbocycles. The van der Waals surface area contributed by atoms with Crippen LogP contribution in [0, 0.1) is 0 Å². The van der Waals surface area contributed by atoms with Gasteiger partial charge >= 0.3 is 6.36 Å². The fourth-order valence-electron chi connectivity index (χ4n) is 3.42. The lowest BCUT2D eigenvalue weighted by Gasteiger charge is -2.34. The average Bonchev–Trinajstić information content (AvgIpc) is 3.16. The fourth-order valence-corrected chi connectivity index (χ4v) is 3.42. The monoisotopic (exact) mass is 404 g/mol. The Morgan fingerprint density at radius 1 is 1.07 bits per heavy atom. The number of alkyl halides is 3. The Kier molecular flexibility index (Phi) is 5.14. The average molecular weight is 404 g/mol. The van der Waals surface area contributed by atoms with E-state index in [9.17, 15) is 18.0 Å². The highest BCUT2D eigenvalue weighted by molar-refractivity contribution is 5.97. The Bertz CT molecular complexity index is 993. The predicted octanol–water partition coefficient (Wildman–Crippen LogP) is 3.42. The number of aromatic amines is 1. The standard InChI is InChI=1S/C20H19F3N4O2/c21-20(22,23)29-16-4-1-14(2-5-16)12-26-7-9-27(10-8-26)19(28)15-3-6-17-18(11-15)25-13-24-17/h1-6,11,13H,7-10,12H2,(H,24,25). The normalized spacial score (nSPS) is 15.6. The molecule has 0 radical (unpaired) electrons. The van der Waals surface area contributed by atoms with Crippen LogP contribution in [0.5, 0.6) is 5.75 Å². The summed E-state index contributed by atoms with van der Waals surface area (Å²) in [6, 6.07) is 11.3. The summed E-state index contributed by atoms with van der Waals surface area (Å²) in [6.45, 7) is 3.18. The maximum atomic E-state index is 12.7. The van der Waals surface area contributed by atoms with Gasteiger partial charge in [0.15, 0.2) is 0 Å². The molecule has 152 valence electrons. The van der Waals surface area contributed by atoms with E-state index in [1.54, 1.807) is 24.5 Å². The minimum Gasteiger partial charge on any atom is -0.406 e. The van der Waals surface area contributed by atoms with Gasteiger partial charge in [-0.15, -0.1) is 13.2 Å². The van der Waals surface area contributed by atoms with E-state index in [0.717, 1.165) is 16.6 Å². The molecule has 0 unspecified atom stereocenters. The van der Waals surface area contributed by atoms with Crippen molar-refractivity contribution in [3.63, 3.8) is 0 Å². The second-order valence-electron chi connectivity index (χ2n) is 6.89. The zero-order valence-corrected chi connectivity index (χ0v) is 15.4. The molecule has 4 rings (SSSR count). The van der Waals surface area contributed by atoms with E-state index in [1.165, 1.54) is 12.1 Å². The number of H-pyrrole nitrogens is 1. The van der Waals surface area contributed by atoms with Gasteiger partial charge in [0.05, 0.1) is 17.4 Å². The number of carbonyl (C=O) groups excluding carboxylic acids is 1. The number of carbonyl (C=O) groups is 1. The molecule has 1 aromatic heterocycles. The van der Waals surface area contributed by atoms with Crippen LogP contribution < -0.4 is 4.74 Å². The number of fused-ring (bicyclic) bond motifs is 1. The molecule has 1 N–H and O–H groups in total. The van der Waals surface area contributed by atoms with Gasteiger partial charge in [-0.1, -0.05) is 12.1 Å². The molecule has 9 heteroatoms. The second kappa shape index (κ2) is 7.75. The van der Waals surface area contributed by atoms with E-state index in [2.05, 4.69) is 19.6 Å². The number of ether oxygens (including phenoxy) is 1. The van der Waals surface area contributed by atoms with Crippen LogP contribution in [0.1, 0.15) is 15.9 Å². The van der Waals surface area contributed by atoms with E-state index in [0.29, 0.717) is 38.3 Å². The molecule has 3 aromatic rings. The molecule has 0 saturated carbocycles. The van der Waals surface area contributed by atoms with Crippen LogP contribution in [-0.4, -0.2) is 58.2 Å². The smallest absolute Gasteiger partial charge is 0.406 e. The maximum Gasteiger partial charge on any atom is 0.573 e. The number of nitrogens with one attached hydrogen (secondary N) is 1. The summed E-state index contributed by atoms with van der Waals surface area (Å²) >= 11 is 0. The van der Waals surface area contributed by atoms with E-state index in [1.807, 2.05) is 17.0 Å². The van der Waals surface area contributed by atoms with Gasteiger partial charge < -0.3 is 14.6 Å². The number of benzene rings is 2. The van der Waals surface area contributed by atoms with Gasteiger partial charge in [0.25, 0.3) is 5.91 Å². The third kappa shape index (κ3) is 4.68. The maximum absolute atomic E-state index is 12.7. The number of hydrogen-bond acceptors (Lipinski definition) is 4. The molecule has 0 bridgehead atoms. The van der Waals surface area contributed by atoms with Gasteiger partial charge in [0.2, 0.25) is 0 Å². The lowest BCUT2D eigenvalue weighted by atomic mass is 10.1. The van der Waals surface area contributed by atoms with Gasteiger partial charge in [0.1, 0.15) is 5.75 Å². The van der Waals surface area contributed by atoms with Crippen LogP contribution >= 0.6 is 0 Å². The van der Waals surface area contributed by atoms with Crippen molar-refractivity contribution in [2.75, 3.05) is 26.2 Å². The minimum absolute atomic E-state index is 0.0187. The van der Waals surface area contributed by atoms with Crippen molar-refractivity contribution in [1.29, 1.82) is 0 Å². The van der Waals surface area contributed by atoms with Crippen LogP contribution in [0.4, 0.5) is 13.2 Å². The van der Waals surface area contributed by atoms with Crippen LogP contribution in [-0.2, 0) is 6.54 Å². The molecule has 1 aliphatic rings. The molecular weight excluding hydrogens is 385 g/mol. The lowest BCUT2D eigenvalue weighted by molar-refractivity contribution is -0.274. The SMILES string of the molecule is O=C(c1ccc2nc[nH]c2c1)N1CCN(Cc2ccc(OC(F)(F)F)cc2)CC1. The van der Waals surface area contributed by atoms with Crippen molar-refractivity contribution in [2.45, 2.75) is 12.9 Å². The number of piperazine rings is 1. The van der Waals surface area contributed by atoms with Gasteiger partial charge in [-0.05, 0) is 35.9 Å². The number of nitrogens with zero attached hydrogens (tertiary/aromatic N) is 3. The van der Waals surface area contributed by atoms with Crippen molar-refractivity contribution in [1.82, 2.24) is 19.8 Å². The first kappa shape index (κ1) is 19.3. The van der Waals surface area contributed by atoms with Crippen LogP contribution in [0.15, 0.2) is 48.8 Å². The minimum atomic E-state index is -4.69. The molecule has 1 aliphatic heterocycles. The molecule has 2 heterocycles. The number of hydrogen-bond donors (Lipinski definition) is 1. The van der Waals surface area contributed by atoms with Crippen LogP contribution in [0.3, 0.4) is 0 Å². The largest absolute Gasteiger partial charge is 0.573 e. The van der Waals surface area contributed by atoms with E-state index in [-0.39, 0.29) is 11.7 Å². The Labute approximate surface area is 164 Å². The Hall–Kier alpha value is -3.07. The zero-order valence-electron chi connectivity index (χ0n) is 15.4. The van der Waals surface area contributed by atoms with E-state index in [4.69, 9.17) is 0 Å². The molecule has 29 heavy (non-hydrogen) atoms. The van der Waals surface area contributed by atoms with Gasteiger partial charge in [-0.3, -0.25) is 9.69 Å². The first-order valence-corrected chi connectivity index (χ1v) is 9.17. The zero-order chi connectivity index (χ0) is 20.4. The summed E-state index contributed by atoms with van der Waals surface area (Å²) in [5, 5.41) is 0. The molecule has 0 spiro atoms. The van der Waals surface area contributed by atoms with Crippen molar-refractivity contribution in [3.8, 4) is 5.75 Å². The Morgan fingerprint density at radius 2 is 1.79 bits per heavy atom. The van der Waals surface area contributed by atoms with Gasteiger partial charge in [-0.2, -0.15) is 0 Å². The first-order valence-electron chi connectivity index (χ1n) is 9.17. The number of aromatic nitrogens is 2. The summed E-state index contributed by atoms with van der Waals surface area (Å²) in [4.78, 5) is 23.9. The van der Waals surface area contributed by atoms with Crippen molar-refractivity contribution in [2.24, 2.45) is 0 Å². The van der Waals surface area contributed by atoms with Crippen LogP contribution in [0.25, 0.3) is 11.0 Å². The highest BCUT2D eigenvalue weighted by Crippen LogP contribution is 2.23. The number of imidazole rings is 1. The molecular formula is C20H19F3N4O2. The molecule has 0 atom stereocenters. The molecule has 1 saturated heterocycles. The molecule has 6 nitrogen and oxygen atoms in total. The van der Waals surface area contributed by atoms with Gasteiger partial charge in [-0.25, -0.2) is 4.98 Å². The first-order chi connectivity index (χ1) is 13.9. The third-order valence-electron chi connectivity index (χ3n) is 4.89. The summed E-state index contributed by atoms with van der Waals surface area (Å²) in [5.74, 6) is -0.249. The topological polar surface area (TPSA) is 61.5 Å². The Morgan fingerprint density at radius 3 is 2.48 bits per heavy atom. The van der Waals surface area contributed by atoms with E-state index >= 15 is 0 Å². The number of halogens is 3. The lowest BCUT2D eigenvalue weighted by Crippen LogP contribution is -2.48. The quantitative estimate of drug-likeness (QED) is 0.724. The third-order valence-corrected chi connectivity index (χ3v) is 4.89. The summed E-state index contributed by atoms with van der Waals surface area (Å²) in [6.07, 6.45) is -3.09. The number of rotatable bonds is 4. The molecule has 1 amide bonds. The van der Waals surface area contributed by atoms with Gasteiger partial charge in [0, 0.05) is 38.3 Å². The number of amides is 1. The van der Waals surface area contributed by atoms with Crippen molar-refractivity contribution in [3.05, 3.63) is 59.9 Å². The molecule has 1 fully saturated rings. The highest BCUT2D eigenvalue weighted by Gasteiger charge is 2.31. The summed E-state index contributed by atoms with van der Waals surface area (Å²) in [5.41, 5.74) is 3.16. The fraction of sp³-hybridized carbons (Fsp3) is 0.300. The van der Waals surface area contributed by atoms with Crippen molar-refractivity contribution < 1.29 is 22.7 Å². The van der Waals surface area contributed by atoms with E-state index < -0.39 is 6.36 Å². The van der Waals surface area contributed by atoms with Crippen LogP contribution in [0.2, 0.25) is 0 Å². The summed E-state index contributed by atoms with van der Waals surface area (Å²) in [7, 11) is 0. The van der Waals surface area contributed by atoms with Crippen molar-refractivity contribution >= 4 is 16.9 Å². The molecule has 2 aromatic carbocycles. The highest BCUT2D eigenvalue weighted by atomic mass is 19.4. The predicted molar refractivity (Wildman–Crippen MR) is 100 cm³/mol.